The Hall–Kier alpha value is -2.21. The lowest BCUT2D eigenvalue weighted by atomic mass is 10.1. The fraction of sp³-hybridized carbons (Fsp3) is 0.188. The second-order valence-corrected chi connectivity index (χ2v) is 5.21. The molecule has 0 aliphatic heterocycles. The van der Waals surface area contributed by atoms with Gasteiger partial charge in [-0.3, -0.25) is 0 Å². The van der Waals surface area contributed by atoms with Crippen molar-refractivity contribution in [3.63, 3.8) is 0 Å². The number of hydrogen-bond donors (Lipinski definition) is 2. The lowest BCUT2D eigenvalue weighted by Gasteiger charge is -2.11. The molecule has 0 unspecified atom stereocenters. The highest BCUT2D eigenvalue weighted by Gasteiger charge is 2.30. The average Bonchev–Trinajstić information content (AvgIpc) is 2.48. The molecule has 3 nitrogen and oxygen atoms in total. The molecule has 0 bridgehead atoms. The standard InChI is InChI=1S/C16H14ClF3N2O/c17-14-7-2-1-4-11(14)8-9-21-15(23)22-13-6-3-5-12(10-13)16(18,19)20/h1-7,10H,8-9H2,(H2,21,22,23). The van der Waals surface area contributed by atoms with Crippen molar-refractivity contribution in [2.45, 2.75) is 12.6 Å². The molecule has 0 aromatic heterocycles. The van der Waals surface area contributed by atoms with Crippen LogP contribution in [0.5, 0.6) is 0 Å². The van der Waals surface area contributed by atoms with Gasteiger partial charge in [-0.25, -0.2) is 4.79 Å². The van der Waals surface area contributed by atoms with E-state index in [4.69, 9.17) is 11.6 Å². The van der Waals surface area contributed by atoms with Crippen molar-refractivity contribution in [2.75, 3.05) is 11.9 Å². The molecule has 0 spiro atoms. The maximum atomic E-state index is 12.6. The highest BCUT2D eigenvalue weighted by atomic mass is 35.5. The van der Waals surface area contributed by atoms with Crippen molar-refractivity contribution in [3.05, 3.63) is 64.7 Å². The average molecular weight is 343 g/mol. The van der Waals surface area contributed by atoms with Gasteiger partial charge in [0.2, 0.25) is 0 Å². The fourth-order valence-corrected chi connectivity index (χ4v) is 2.19. The Morgan fingerprint density at radius 2 is 1.83 bits per heavy atom. The number of rotatable bonds is 4. The van der Waals surface area contributed by atoms with E-state index < -0.39 is 17.8 Å². The zero-order valence-electron chi connectivity index (χ0n) is 12.0. The summed E-state index contributed by atoms with van der Waals surface area (Å²) in [6, 6.07) is 11.1. The van der Waals surface area contributed by atoms with E-state index in [9.17, 15) is 18.0 Å². The largest absolute Gasteiger partial charge is 0.416 e. The molecule has 0 radical (unpaired) electrons. The van der Waals surface area contributed by atoms with Crippen LogP contribution in [-0.2, 0) is 12.6 Å². The molecule has 2 amide bonds. The van der Waals surface area contributed by atoms with Gasteiger partial charge in [0.25, 0.3) is 0 Å². The maximum Gasteiger partial charge on any atom is 0.416 e. The van der Waals surface area contributed by atoms with Gasteiger partial charge in [0.05, 0.1) is 5.56 Å². The van der Waals surface area contributed by atoms with E-state index in [1.165, 1.54) is 12.1 Å². The molecule has 0 aliphatic rings. The molecular weight excluding hydrogens is 329 g/mol. The molecule has 0 aliphatic carbocycles. The summed E-state index contributed by atoms with van der Waals surface area (Å²) in [6.45, 7) is 0.314. The molecule has 2 rings (SSSR count). The van der Waals surface area contributed by atoms with Crippen molar-refractivity contribution in [2.24, 2.45) is 0 Å². The van der Waals surface area contributed by atoms with Crippen LogP contribution in [0.3, 0.4) is 0 Å². The number of hydrogen-bond acceptors (Lipinski definition) is 1. The highest BCUT2D eigenvalue weighted by molar-refractivity contribution is 6.31. The topological polar surface area (TPSA) is 41.1 Å². The molecule has 0 saturated heterocycles. The Kier molecular flexibility index (Phi) is 5.50. The van der Waals surface area contributed by atoms with Crippen molar-refractivity contribution in [3.8, 4) is 0 Å². The molecule has 2 N–H and O–H groups in total. The van der Waals surface area contributed by atoms with Crippen molar-refractivity contribution < 1.29 is 18.0 Å². The van der Waals surface area contributed by atoms with Crippen LogP contribution in [-0.4, -0.2) is 12.6 Å². The molecule has 0 fully saturated rings. The molecule has 0 saturated carbocycles. The third kappa shape index (κ3) is 5.17. The summed E-state index contributed by atoms with van der Waals surface area (Å²) in [7, 11) is 0. The molecule has 122 valence electrons. The number of alkyl halides is 3. The van der Waals surface area contributed by atoms with E-state index in [2.05, 4.69) is 10.6 Å². The van der Waals surface area contributed by atoms with Crippen LogP contribution in [0.1, 0.15) is 11.1 Å². The van der Waals surface area contributed by atoms with Crippen LogP contribution in [0.15, 0.2) is 48.5 Å². The summed E-state index contributed by atoms with van der Waals surface area (Å²) in [6.07, 6.45) is -3.92. The second kappa shape index (κ2) is 7.37. The maximum absolute atomic E-state index is 12.6. The number of carbonyl (C=O) groups is 1. The zero-order chi connectivity index (χ0) is 16.9. The van der Waals surface area contributed by atoms with Gasteiger partial charge >= 0.3 is 12.2 Å². The minimum atomic E-state index is -4.45. The molecule has 23 heavy (non-hydrogen) atoms. The van der Waals surface area contributed by atoms with E-state index in [-0.39, 0.29) is 5.69 Å². The summed E-state index contributed by atoms with van der Waals surface area (Å²) < 4.78 is 37.8. The number of halogens is 4. The van der Waals surface area contributed by atoms with Crippen molar-refractivity contribution >= 4 is 23.3 Å². The Labute approximate surface area is 136 Å². The van der Waals surface area contributed by atoms with E-state index in [0.717, 1.165) is 17.7 Å². The van der Waals surface area contributed by atoms with Crippen LogP contribution < -0.4 is 10.6 Å². The number of urea groups is 1. The first-order valence-electron chi connectivity index (χ1n) is 6.82. The Morgan fingerprint density at radius 1 is 1.09 bits per heavy atom. The lowest BCUT2D eigenvalue weighted by molar-refractivity contribution is -0.137. The van der Waals surface area contributed by atoms with Crippen molar-refractivity contribution in [1.82, 2.24) is 5.32 Å². The first-order valence-corrected chi connectivity index (χ1v) is 7.19. The predicted octanol–water partition coefficient (Wildman–Crippen LogP) is 4.72. The first-order chi connectivity index (χ1) is 10.9. The van der Waals surface area contributed by atoms with Gasteiger partial charge in [-0.05, 0) is 36.2 Å². The van der Waals surface area contributed by atoms with Gasteiger partial charge in [-0.15, -0.1) is 0 Å². The normalized spacial score (nSPS) is 11.1. The summed E-state index contributed by atoms with van der Waals surface area (Å²) in [4.78, 5) is 11.7. The van der Waals surface area contributed by atoms with E-state index in [1.807, 2.05) is 12.1 Å². The van der Waals surface area contributed by atoms with Gasteiger partial charge in [-0.1, -0.05) is 35.9 Å². The summed E-state index contributed by atoms with van der Waals surface area (Å²) in [5, 5.41) is 5.55. The quantitative estimate of drug-likeness (QED) is 0.829. The number of carbonyl (C=O) groups excluding carboxylic acids is 1. The molecule has 7 heteroatoms. The number of amides is 2. The van der Waals surface area contributed by atoms with Gasteiger partial charge in [0.1, 0.15) is 0 Å². The minimum absolute atomic E-state index is 0.0788. The van der Waals surface area contributed by atoms with E-state index in [1.54, 1.807) is 12.1 Å². The van der Waals surface area contributed by atoms with E-state index >= 15 is 0 Å². The number of benzene rings is 2. The summed E-state index contributed by atoms with van der Waals surface area (Å²) >= 11 is 5.99. The van der Waals surface area contributed by atoms with Crippen LogP contribution in [0.25, 0.3) is 0 Å². The Morgan fingerprint density at radius 3 is 2.52 bits per heavy atom. The molecular formula is C16H14ClF3N2O. The molecule has 0 heterocycles. The Bertz CT molecular complexity index is 689. The first kappa shape index (κ1) is 17.1. The smallest absolute Gasteiger partial charge is 0.338 e. The zero-order valence-corrected chi connectivity index (χ0v) is 12.7. The summed E-state index contributed by atoms with van der Waals surface area (Å²) in [5.41, 5.74) is 0.148. The van der Waals surface area contributed by atoms with Gasteiger partial charge in [0, 0.05) is 17.3 Å². The van der Waals surface area contributed by atoms with Gasteiger partial charge in [-0.2, -0.15) is 13.2 Å². The highest BCUT2D eigenvalue weighted by Crippen LogP contribution is 2.30. The van der Waals surface area contributed by atoms with Crippen molar-refractivity contribution in [1.29, 1.82) is 0 Å². The van der Waals surface area contributed by atoms with Crippen LogP contribution in [0.2, 0.25) is 5.02 Å². The monoisotopic (exact) mass is 342 g/mol. The molecule has 0 atom stereocenters. The van der Waals surface area contributed by atoms with Gasteiger partial charge in [0.15, 0.2) is 0 Å². The van der Waals surface area contributed by atoms with Crippen LogP contribution in [0.4, 0.5) is 23.7 Å². The SMILES string of the molecule is O=C(NCCc1ccccc1Cl)Nc1cccc(C(F)(F)F)c1. The number of anilines is 1. The third-order valence-electron chi connectivity index (χ3n) is 3.09. The lowest BCUT2D eigenvalue weighted by Crippen LogP contribution is -2.30. The second-order valence-electron chi connectivity index (χ2n) is 4.80. The van der Waals surface area contributed by atoms with Crippen LogP contribution in [0, 0.1) is 0 Å². The number of nitrogens with one attached hydrogen (secondary N) is 2. The Balaban J connectivity index is 1.87. The van der Waals surface area contributed by atoms with E-state index in [0.29, 0.717) is 18.0 Å². The third-order valence-corrected chi connectivity index (χ3v) is 3.45. The van der Waals surface area contributed by atoms with Gasteiger partial charge < -0.3 is 10.6 Å². The predicted molar refractivity (Wildman–Crippen MR) is 83.6 cm³/mol. The molecule has 2 aromatic rings. The minimum Gasteiger partial charge on any atom is -0.338 e. The fourth-order valence-electron chi connectivity index (χ4n) is 1.96. The van der Waals surface area contributed by atoms with Crippen LogP contribution >= 0.6 is 11.6 Å². The molecule has 2 aromatic carbocycles. The summed E-state index contributed by atoms with van der Waals surface area (Å²) in [5.74, 6) is 0.